The number of aromatic carboxylic acids is 1. The molecule has 1 aliphatic carbocycles. The van der Waals surface area contributed by atoms with Gasteiger partial charge < -0.3 is 5.11 Å². The third kappa shape index (κ3) is 2.48. The van der Waals surface area contributed by atoms with Crippen LogP contribution in [-0.2, 0) is 10.0 Å². The van der Waals surface area contributed by atoms with E-state index in [-0.39, 0.29) is 22.1 Å². The molecule has 0 spiro atoms. The molecule has 0 heterocycles. The monoisotopic (exact) mass is 255 g/mol. The van der Waals surface area contributed by atoms with Crippen molar-refractivity contribution in [2.75, 3.05) is 0 Å². The molecule has 0 aliphatic heterocycles. The molecule has 1 fully saturated rings. The highest BCUT2D eigenvalue weighted by Crippen LogP contribution is 2.24. The average molecular weight is 255 g/mol. The van der Waals surface area contributed by atoms with E-state index in [2.05, 4.69) is 4.72 Å². The number of carboxylic acids is 1. The SMILES string of the molecule is Cc1c(C(=O)O)cccc1S(=O)(=O)NC1CC1. The predicted octanol–water partition coefficient (Wildman–Crippen LogP) is 1.13. The van der Waals surface area contributed by atoms with E-state index >= 15 is 0 Å². The van der Waals surface area contributed by atoms with Gasteiger partial charge in [-0.2, -0.15) is 0 Å². The molecular weight excluding hydrogens is 242 g/mol. The number of rotatable bonds is 4. The van der Waals surface area contributed by atoms with Crippen molar-refractivity contribution < 1.29 is 18.3 Å². The summed E-state index contributed by atoms with van der Waals surface area (Å²) in [4.78, 5) is 11.0. The molecule has 1 aromatic carbocycles. The number of carboxylic acid groups (broad SMARTS) is 1. The molecule has 2 N–H and O–H groups in total. The van der Waals surface area contributed by atoms with Gasteiger partial charge >= 0.3 is 5.97 Å². The highest BCUT2D eigenvalue weighted by molar-refractivity contribution is 7.89. The van der Waals surface area contributed by atoms with Crippen molar-refractivity contribution in [1.82, 2.24) is 4.72 Å². The maximum atomic E-state index is 12.0. The number of hydrogen-bond acceptors (Lipinski definition) is 3. The zero-order chi connectivity index (χ0) is 12.6. The molecule has 0 radical (unpaired) electrons. The Morgan fingerprint density at radius 2 is 2.06 bits per heavy atom. The largest absolute Gasteiger partial charge is 0.478 e. The quantitative estimate of drug-likeness (QED) is 0.845. The smallest absolute Gasteiger partial charge is 0.335 e. The maximum absolute atomic E-state index is 12.0. The van der Waals surface area contributed by atoms with Gasteiger partial charge in [0.05, 0.1) is 10.5 Å². The average Bonchev–Trinajstić information content (AvgIpc) is 3.00. The second kappa shape index (κ2) is 4.12. The molecule has 1 aromatic rings. The van der Waals surface area contributed by atoms with Crippen molar-refractivity contribution in [2.24, 2.45) is 0 Å². The van der Waals surface area contributed by atoms with Gasteiger partial charge in [0.1, 0.15) is 0 Å². The number of benzene rings is 1. The van der Waals surface area contributed by atoms with Crippen molar-refractivity contribution in [2.45, 2.75) is 30.7 Å². The van der Waals surface area contributed by atoms with Gasteiger partial charge in [-0.25, -0.2) is 17.9 Å². The Labute approximate surface area is 99.5 Å². The topological polar surface area (TPSA) is 83.5 Å². The zero-order valence-electron chi connectivity index (χ0n) is 9.30. The molecule has 1 saturated carbocycles. The molecule has 0 atom stereocenters. The maximum Gasteiger partial charge on any atom is 0.335 e. The summed E-state index contributed by atoms with van der Waals surface area (Å²) in [5.41, 5.74) is 0.289. The first-order valence-corrected chi connectivity index (χ1v) is 6.75. The van der Waals surface area contributed by atoms with E-state index in [1.807, 2.05) is 0 Å². The van der Waals surface area contributed by atoms with Gasteiger partial charge in [-0.3, -0.25) is 0 Å². The van der Waals surface area contributed by atoms with Crippen LogP contribution < -0.4 is 4.72 Å². The van der Waals surface area contributed by atoms with Gasteiger partial charge in [-0.15, -0.1) is 0 Å². The summed E-state index contributed by atoms with van der Waals surface area (Å²) < 4.78 is 26.5. The minimum atomic E-state index is -3.60. The zero-order valence-corrected chi connectivity index (χ0v) is 10.1. The fourth-order valence-electron chi connectivity index (χ4n) is 1.62. The molecule has 6 heteroatoms. The number of hydrogen-bond donors (Lipinski definition) is 2. The van der Waals surface area contributed by atoms with E-state index in [0.29, 0.717) is 0 Å². The summed E-state index contributed by atoms with van der Waals surface area (Å²) >= 11 is 0. The third-order valence-electron chi connectivity index (χ3n) is 2.70. The Kier molecular flexibility index (Phi) is 2.92. The lowest BCUT2D eigenvalue weighted by Gasteiger charge is -2.10. The molecular formula is C11H13NO4S. The first-order chi connectivity index (χ1) is 7.92. The Morgan fingerprint density at radius 3 is 2.59 bits per heavy atom. The molecule has 17 heavy (non-hydrogen) atoms. The van der Waals surface area contributed by atoms with Crippen molar-refractivity contribution in [3.63, 3.8) is 0 Å². The summed E-state index contributed by atoms with van der Waals surface area (Å²) in [5, 5.41) is 8.93. The van der Waals surface area contributed by atoms with Gasteiger partial charge in [0.15, 0.2) is 0 Å². The van der Waals surface area contributed by atoms with Gasteiger partial charge in [-0.05, 0) is 37.5 Å². The normalized spacial score (nSPS) is 15.8. The van der Waals surface area contributed by atoms with Gasteiger partial charge in [0, 0.05) is 6.04 Å². The molecule has 2 rings (SSSR count). The summed E-state index contributed by atoms with van der Waals surface area (Å²) in [5.74, 6) is -1.12. The number of nitrogens with one attached hydrogen (secondary N) is 1. The van der Waals surface area contributed by atoms with Crippen LogP contribution in [0.2, 0.25) is 0 Å². The van der Waals surface area contributed by atoms with Crippen molar-refractivity contribution in [1.29, 1.82) is 0 Å². The van der Waals surface area contributed by atoms with Crippen LogP contribution in [0.1, 0.15) is 28.8 Å². The Morgan fingerprint density at radius 1 is 1.41 bits per heavy atom. The first kappa shape index (κ1) is 12.1. The molecule has 0 unspecified atom stereocenters. The number of sulfonamides is 1. The van der Waals surface area contributed by atoms with Crippen molar-refractivity contribution in [3.8, 4) is 0 Å². The van der Waals surface area contributed by atoms with Crippen LogP contribution in [-0.4, -0.2) is 25.5 Å². The predicted molar refractivity (Wildman–Crippen MR) is 61.5 cm³/mol. The molecule has 0 saturated heterocycles. The Hall–Kier alpha value is -1.40. The van der Waals surface area contributed by atoms with Crippen LogP contribution in [0.5, 0.6) is 0 Å². The Balaban J connectivity index is 2.44. The Bertz CT molecular complexity index is 561. The molecule has 0 bridgehead atoms. The molecule has 0 aromatic heterocycles. The lowest BCUT2D eigenvalue weighted by molar-refractivity contribution is 0.0696. The summed E-state index contributed by atoms with van der Waals surface area (Å²) in [6.45, 7) is 1.50. The van der Waals surface area contributed by atoms with E-state index in [1.54, 1.807) is 0 Å². The van der Waals surface area contributed by atoms with Gasteiger partial charge in [0.25, 0.3) is 0 Å². The van der Waals surface area contributed by atoms with Crippen molar-refractivity contribution in [3.05, 3.63) is 29.3 Å². The van der Waals surface area contributed by atoms with E-state index in [0.717, 1.165) is 12.8 Å². The van der Waals surface area contributed by atoms with Crippen molar-refractivity contribution >= 4 is 16.0 Å². The van der Waals surface area contributed by atoms with Crippen LogP contribution in [0.3, 0.4) is 0 Å². The van der Waals surface area contributed by atoms with E-state index in [4.69, 9.17) is 5.11 Å². The van der Waals surface area contributed by atoms with Crippen LogP contribution in [0.15, 0.2) is 23.1 Å². The van der Waals surface area contributed by atoms with Crippen LogP contribution >= 0.6 is 0 Å². The van der Waals surface area contributed by atoms with Crippen LogP contribution in [0.4, 0.5) is 0 Å². The van der Waals surface area contributed by atoms with Gasteiger partial charge in [0.2, 0.25) is 10.0 Å². The minimum Gasteiger partial charge on any atom is -0.478 e. The summed E-state index contributed by atoms with van der Waals surface area (Å²) in [6, 6.07) is 4.27. The van der Waals surface area contributed by atoms with E-state index < -0.39 is 16.0 Å². The first-order valence-electron chi connectivity index (χ1n) is 5.27. The van der Waals surface area contributed by atoms with E-state index in [9.17, 15) is 13.2 Å². The molecule has 92 valence electrons. The minimum absolute atomic E-state index is 0.00730. The van der Waals surface area contributed by atoms with E-state index in [1.165, 1.54) is 25.1 Å². The second-order valence-corrected chi connectivity index (χ2v) is 5.81. The fourth-order valence-corrected chi connectivity index (χ4v) is 3.19. The molecule has 5 nitrogen and oxygen atoms in total. The highest BCUT2D eigenvalue weighted by atomic mass is 32.2. The number of carbonyl (C=O) groups is 1. The fraction of sp³-hybridized carbons (Fsp3) is 0.364. The lowest BCUT2D eigenvalue weighted by Crippen LogP contribution is -2.26. The highest BCUT2D eigenvalue weighted by Gasteiger charge is 2.29. The van der Waals surface area contributed by atoms with Gasteiger partial charge in [-0.1, -0.05) is 6.07 Å². The molecule has 0 amide bonds. The standard InChI is InChI=1S/C11H13NO4S/c1-7-9(11(13)14)3-2-4-10(7)17(15,16)12-8-5-6-8/h2-4,8,12H,5-6H2,1H3,(H,13,14). The molecule has 1 aliphatic rings. The summed E-state index contributed by atoms with van der Waals surface area (Å²) in [7, 11) is -3.60. The van der Waals surface area contributed by atoms with Crippen LogP contribution in [0, 0.1) is 6.92 Å². The summed E-state index contributed by atoms with van der Waals surface area (Å²) in [6.07, 6.45) is 1.69. The second-order valence-electron chi connectivity index (χ2n) is 4.13. The van der Waals surface area contributed by atoms with Crippen LogP contribution in [0.25, 0.3) is 0 Å². The third-order valence-corrected chi connectivity index (χ3v) is 4.37. The lowest BCUT2D eigenvalue weighted by atomic mass is 10.1.